The molecule has 0 aliphatic rings. The van der Waals surface area contributed by atoms with Crippen LogP contribution >= 0.6 is 0 Å². The highest BCUT2D eigenvalue weighted by molar-refractivity contribution is 5.21. The third kappa shape index (κ3) is 1.64. The van der Waals surface area contributed by atoms with E-state index in [1.54, 1.807) is 0 Å². The number of furan rings is 1. The van der Waals surface area contributed by atoms with E-state index < -0.39 is 19.0 Å². The van der Waals surface area contributed by atoms with Crippen LogP contribution in [0.15, 0.2) is 16.7 Å². The lowest BCUT2D eigenvalue weighted by Crippen LogP contribution is -2.15. The van der Waals surface area contributed by atoms with Crippen LogP contribution in [0.2, 0.25) is 0 Å². The fraction of sp³-hybridized carbons (Fsp3) is 0.500. The van der Waals surface area contributed by atoms with Crippen molar-refractivity contribution in [1.82, 2.24) is 0 Å². The van der Waals surface area contributed by atoms with Gasteiger partial charge in [0, 0.05) is 13.0 Å². The largest absolute Gasteiger partial charge is 0.469 e. The first-order chi connectivity index (χ1) is 5.58. The molecule has 0 bridgehead atoms. The van der Waals surface area contributed by atoms with Crippen molar-refractivity contribution in [3.63, 3.8) is 0 Å². The SMILES string of the molecule is Cc1occc1C(F)(F)CCO. The van der Waals surface area contributed by atoms with Crippen molar-refractivity contribution < 1.29 is 18.3 Å². The van der Waals surface area contributed by atoms with Gasteiger partial charge in [0.2, 0.25) is 0 Å². The smallest absolute Gasteiger partial charge is 0.278 e. The molecule has 1 aromatic heterocycles. The first-order valence-electron chi connectivity index (χ1n) is 3.61. The van der Waals surface area contributed by atoms with Gasteiger partial charge in [0.25, 0.3) is 5.92 Å². The predicted octanol–water partition coefficient (Wildman–Crippen LogP) is 2.06. The van der Waals surface area contributed by atoms with E-state index in [0.29, 0.717) is 0 Å². The molecular weight excluding hydrogens is 166 g/mol. The Kier molecular flexibility index (Phi) is 2.47. The summed E-state index contributed by atoms with van der Waals surface area (Å²) in [5.41, 5.74) is -0.142. The predicted molar refractivity (Wildman–Crippen MR) is 39.0 cm³/mol. The van der Waals surface area contributed by atoms with Gasteiger partial charge in [-0.2, -0.15) is 0 Å². The number of alkyl halides is 2. The van der Waals surface area contributed by atoms with Crippen molar-refractivity contribution >= 4 is 0 Å². The Bertz CT molecular complexity index is 255. The summed E-state index contributed by atoms with van der Waals surface area (Å²) in [6, 6.07) is 1.23. The normalized spacial score (nSPS) is 12.0. The second-order valence-corrected chi connectivity index (χ2v) is 2.57. The van der Waals surface area contributed by atoms with Crippen LogP contribution in [0.25, 0.3) is 0 Å². The van der Waals surface area contributed by atoms with Crippen molar-refractivity contribution in [3.8, 4) is 0 Å². The molecule has 0 spiro atoms. The van der Waals surface area contributed by atoms with Gasteiger partial charge in [0.15, 0.2) is 0 Å². The van der Waals surface area contributed by atoms with E-state index in [1.165, 1.54) is 19.3 Å². The lowest BCUT2D eigenvalue weighted by molar-refractivity contribution is -0.0281. The zero-order valence-corrected chi connectivity index (χ0v) is 6.68. The van der Waals surface area contributed by atoms with Crippen molar-refractivity contribution in [2.45, 2.75) is 19.3 Å². The summed E-state index contributed by atoms with van der Waals surface area (Å²) in [7, 11) is 0. The van der Waals surface area contributed by atoms with Gasteiger partial charge in [-0.05, 0) is 13.0 Å². The summed E-state index contributed by atoms with van der Waals surface area (Å²) in [4.78, 5) is 0. The monoisotopic (exact) mass is 176 g/mol. The molecule has 1 aromatic rings. The van der Waals surface area contributed by atoms with E-state index in [4.69, 9.17) is 9.52 Å². The highest BCUT2D eigenvalue weighted by atomic mass is 19.3. The molecule has 0 aromatic carbocycles. The van der Waals surface area contributed by atoms with Gasteiger partial charge in [-0.1, -0.05) is 0 Å². The molecule has 0 aliphatic carbocycles. The number of aliphatic hydroxyl groups excluding tert-OH is 1. The van der Waals surface area contributed by atoms with Gasteiger partial charge in [-0.25, -0.2) is 8.78 Å². The minimum atomic E-state index is -2.98. The van der Waals surface area contributed by atoms with Crippen molar-refractivity contribution in [2.24, 2.45) is 0 Å². The zero-order valence-electron chi connectivity index (χ0n) is 6.68. The molecule has 0 saturated carbocycles. The highest BCUT2D eigenvalue weighted by Crippen LogP contribution is 2.33. The molecule has 0 amide bonds. The molecule has 12 heavy (non-hydrogen) atoms. The molecule has 0 aliphatic heterocycles. The van der Waals surface area contributed by atoms with Crippen LogP contribution in [0, 0.1) is 6.92 Å². The Morgan fingerprint density at radius 1 is 1.58 bits per heavy atom. The van der Waals surface area contributed by atoms with Crippen LogP contribution in [0.3, 0.4) is 0 Å². The van der Waals surface area contributed by atoms with E-state index in [2.05, 4.69) is 0 Å². The van der Waals surface area contributed by atoms with Gasteiger partial charge < -0.3 is 9.52 Å². The molecule has 68 valence electrons. The van der Waals surface area contributed by atoms with Gasteiger partial charge in [-0.3, -0.25) is 0 Å². The number of halogens is 2. The minimum absolute atomic E-state index is 0.142. The van der Waals surface area contributed by atoms with Gasteiger partial charge in [0.05, 0.1) is 11.8 Å². The van der Waals surface area contributed by atoms with Crippen LogP contribution in [0.1, 0.15) is 17.7 Å². The Labute approximate surface area is 68.8 Å². The van der Waals surface area contributed by atoms with E-state index >= 15 is 0 Å². The molecule has 1 N–H and O–H groups in total. The standard InChI is InChI=1S/C8H10F2O2/c1-6-7(2-5-12-6)8(9,10)3-4-11/h2,5,11H,3-4H2,1H3. The number of aryl methyl sites for hydroxylation is 1. The van der Waals surface area contributed by atoms with E-state index in [0.717, 1.165) is 0 Å². The number of rotatable bonds is 3. The minimum Gasteiger partial charge on any atom is -0.469 e. The van der Waals surface area contributed by atoms with Crippen LogP contribution in [-0.2, 0) is 5.92 Å². The van der Waals surface area contributed by atoms with Crippen LogP contribution in [0.4, 0.5) is 8.78 Å². The van der Waals surface area contributed by atoms with Crippen LogP contribution in [-0.4, -0.2) is 11.7 Å². The summed E-state index contributed by atoms with van der Waals surface area (Å²) >= 11 is 0. The van der Waals surface area contributed by atoms with Crippen molar-refractivity contribution in [1.29, 1.82) is 0 Å². The molecule has 1 rings (SSSR count). The van der Waals surface area contributed by atoms with Crippen molar-refractivity contribution in [2.75, 3.05) is 6.61 Å². The fourth-order valence-corrected chi connectivity index (χ4v) is 1.04. The number of hydrogen-bond acceptors (Lipinski definition) is 2. The molecule has 0 saturated heterocycles. The van der Waals surface area contributed by atoms with Crippen LogP contribution < -0.4 is 0 Å². The maximum absolute atomic E-state index is 13.0. The van der Waals surface area contributed by atoms with Gasteiger partial charge in [0.1, 0.15) is 5.76 Å². The Morgan fingerprint density at radius 2 is 2.25 bits per heavy atom. The third-order valence-corrected chi connectivity index (χ3v) is 1.68. The lowest BCUT2D eigenvalue weighted by Gasteiger charge is -2.13. The number of hydrogen-bond donors (Lipinski definition) is 1. The van der Waals surface area contributed by atoms with E-state index in [1.807, 2.05) is 0 Å². The molecule has 1 heterocycles. The first kappa shape index (κ1) is 9.19. The average molecular weight is 176 g/mol. The molecule has 4 heteroatoms. The van der Waals surface area contributed by atoms with E-state index in [9.17, 15) is 8.78 Å². The summed E-state index contributed by atoms with van der Waals surface area (Å²) in [5.74, 6) is -2.78. The molecule has 0 fully saturated rings. The third-order valence-electron chi connectivity index (χ3n) is 1.68. The lowest BCUT2D eigenvalue weighted by atomic mass is 10.1. The molecule has 0 atom stereocenters. The van der Waals surface area contributed by atoms with Crippen LogP contribution in [0.5, 0.6) is 0 Å². The molecule has 2 nitrogen and oxygen atoms in total. The van der Waals surface area contributed by atoms with E-state index in [-0.39, 0.29) is 11.3 Å². The topological polar surface area (TPSA) is 33.4 Å². The molecule has 0 radical (unpaired) electrons. The van der Waals surface area contributed by atoms with Crippen molar-refractivity contribution in [3.05, 3.63) is 23.7 Å². The first-order valence-corrected chi connectivity index (χ1v) is 3.61. The summed E-state index contributed by atoms with van der Waals surface area (Å²) in [6.07, 6.45) is 0.656. The maximum atomic E-state index is 13.0. The average Bonchev–Trinajstić information content (AvgIpc) is 2.35. The summed E-state index contributed by atoms with van der Waals surface area (Å²) in [6.45, 7) is 0.943. The fourth-order valence-electron chi connectivity index (χ4n) is 1.04. The molecule has 0 unspecified atom stereocenters. The second kappa shape index (κ2) is 3.23. The molecular formula is C8H10F2O2. The van der Waals surface area contributed by atoms with Gasteiger partial charge >= 0.3 is 0 Å². The quantitative estimate of drug-likeness (QED) is 0.764. The Hall–Kier alpha value is -0.900. The summed E-state index contributed by atoms with van der Waals surface area (Å²) in [5, 5.41) is 8.38. The zero-order chi connectivity index (χ0) is 9.19. The van der Waals surface area contributed by atoms with Gasteiger partial charge in [-0.15, -0.1) is 0 Å². The summed E-state index contributed by atoms with van der Waals surface area (Å²) < 4.78 is 30.8. The maximum Gasteiger partial charge on any atom is 0.278 e. The number of aliphatic hydroxyl groups is 1. The highest BCUT2D eigenvalue weighted by Gasteiger charge is 2.33. The Morgan fingerprint density at radius 3 is 2.67 bits per heavy atom. The second-order valence-electron chi connectivity index (χ2n) is 2.57. The Balaban J connectivity index is 2.88.